The van der Waals surface area contributed by atoms with Crippen molar-refractivity contribution in [2.75, 3.05) is 0 Å². The van der Waals surface area contributed by atoms with Gasteiger partial charge in [0.15, 0.2) is 0 Å². The van der Waals surface area contributed by atoms with Crippen molar-refractivity contribution in [2.24, 2.45) is 0 Å². The van der Waals surface area contributed by atoms with Crippen LogP contribution in [0.25, 0.3) is 11.1 Å². The van der Waals surface area contributed by atoms with E-state index >= 15 is 0 Å². The van der Waals surface area contributed by atoms with Crippen molar-refractivity contribution in [3.8, 4) is 11.1 Å². The van der Waals surface area contributed by atoms with Crippen LogP contribution in [0.2, 0.25) is 0 Å². The highest BCUT2D eigenvalue weighted by molar-refractivity contribution is 6.96. The Labute approximate surface area is 188 Å². The summed E-state index contributed by atoms with van der Waals surface area (Å²) < 4.78 is 0. The quantitative estimate of drug-likeness (QED) is 0.383. The van der Waals surface area contributed by atoms with Crippen molar-refractivity contribution < 1.29 is 0 Å². The van der Waals surface area contributed by atoms with E-state index in [1.54, 1.807) is 0 Å². The summed E-state index contributed by atoms with van der Waals surface area (Å²) in [6.07, 6.45) is 0. The zero-order valence-corrected chi connectivity index (χ0v) is 19.6. The van der Waals surface area contributed by atoms with Gasteiger partial charge in [-0.15, -0.1) is 0 Å². The van der Waals surface area contributed by atoms with Gasteiger partial charge in [-0.1, -0.05) is 129 Å². The van der Waals surface area contributed by atoms with E-state index in [4.69, 9.17) is 0 Å². The van der Waals surface area contributed by atoms with Gasteiger partial charge in [0.25, 0.3) is 0 Å². The number of aryl methyl sites for hydroxylation is 6. The molecule has 0 saturated heterocycles. The third kappa shape index (κ3) is 4.23. The van der Waals surface area contributed by atoms with Crippen LogP contribution in [0.4, 0.5) is 0 Å². The molecule has 0 atom stereocenters. The van der Waals surface area contributed by atoms with Gasteiger partial charge >= 0.3 is 0 Å². The first-order chi connectivity index (χ1) is 14.8. The molecule has 0 unspecified atom stereocenters. The largest absolute Gasteiger partial charge is 0.242 e. The van der Waals surface area contributed by atoms with Crippen LogP contribution in [0.15, 0.2) is 78.9 Å². The minimum absolute atomic E-state index is 0.228. The Balaban J connectivity index is 1.92. The molecule has 0 amide bonds. The lowest BCUT2D eigenvalue weighted by molar-refractivity contribution is 1.34. The van der Waals surface area contributed by atoms with Gasteiger partial charge in [-0.25, -0.2) is 0 Å². The maximum Gasteiger partial charge on any atom is 0.242 e. The van der Waals surface area contributed by atoms with Crippen LogP contribution >= 0.6 is 0 Å². The fourth-order valence-corrected chi connectivity index (χ4v) is 5.27. The van der Waals surface area contributed by atoms with E-state index in [2.05, 4.69) is 120 Å². The number of hydrogen-bond donors (Lipinski definition) is 0. The maximum atomic E-state index is 2.33. The summed E-state index contributed by atoms with van der Waals surface area (Å²) in [7, 11) is 0. The molecule has 0 aromatic heterocycles. The normalized spacial score (nSPS) is 10.9. The summed E-state index contributed by atoms with van der Waals surface area (Å²) in [4.78, 5) is 0. The topological polar surface area (TPSA) is 0 Å². The van der Waals surface area contributed by atoms with Gasteiger partial charge < -0.3 is 0 Å². The average molecular weight is 402 g/mol. The predicted molar refractivity (Wildman–Crippen MR) is 138 cm³/mol. The van der Waals surface area contributed by atoms with Crippen molar-refractivity contribution in [3.63, 3.8) is 0 Å². The molecule has 4 rings (SSSR count). The van der Waals surface area contributed by atoms with E-state index in [1.807, 2.05) is 0 Å². The molecule has 0 aliphatic rings. The Hall–Kier alpha value is -3.06. The molecule has 31 heavy (non-hydrogen) atoms. The maximum absolute atomic E-state index is 2.33. The fourth-order valence-electron chi connectivity index (χ4n) is 5.27. The second-order valence-electron chi connectivity index (χ2n) is 9.05. The molecule has 0 nitrogen and oxygen atoms in total. The smallest absolute Gasteiger partial charge is 0.0686 e. The minimum Gasteiger partial charge on any atom is -0.0686 e. The molecule has 4 aromatic rings. The van der Waals surface area contributed by atoms with E-state index < -0.39 is 0 Å². The van der Waals surface area contributed by atoms with Crippen molar-refractivity contribution in [2.45, 2.75) is 41.5 Å². The highest BCUT2D eigenvalue weighted by Crippen LogP contribution is 2.18. The van der Waals surface area contributed by atoms with E-state index in [1.165, 1.54) is 60.9 Å². The van der Waals surface area contributed by atoms with Crippen LogP contribution in [-0.2, 0) is 0 Å². The first-order valence-electron chi connectivity index (χ1n) is 11.2. The second kappa shape index (κ2) is 8.59. The summed E-state index contributed by atoms with van der Waals surface area (Å²) in [5, 5.41) is 0. The lowest BCUT2D eigenvalue weighted by Gasteiger charge is -2.24. The van der Waals surface area contributed by atoms with Gasteiger partial charge in [0, 0.05) is 0 Å². The lowest BCUT2D eigenvalue weighted by atomic mass is 9.34. The van der Waals surface area contributed by atoms with Crippen molar-refractivity contribution in [1.29, 1.82) is 0 Å². The van der Waals surface area contributed by atoms with Crippen LogP contribution in [-0.4, -0.2) is 6.71 Å². The van der Waals surface area contributed by atoms with Gasteiger partial charge in [-0.05, 0) is 52.7 Å². The van der Waals surface area contributed by atoms with Crippen LogP contribution < -0.4 is 16.4 Å². The van der Waals surface area contributed by atoms with Crippen LogP contribution in [0.5, 0.6) is 0 Å². The summed E-state index contributed by atoms with van der Waals surface area (Å²) in [5.74, 6) is 0. The molecule has 4 aromatic carbocycles. The molecule has 154 valence electrons. The van der Waals surface area contributed by atoms with Crippen LogP contribution in [0, 0.1) is 41.5 Å². The first kappa shape index (κ1) is 21.2. The zero-order valence-electron chi connectivity index (χ0n) is 19.6. The van der Waals surface area contributed by atoms with Gasteiger partial charge in [0.1, 0.15) is 0 Å². The standard InChI is InChI=1S/C30H31B/c1-20-16-22(3)29(23(4)17-20)31(30-24(5)18-21(2)19-25(30)6)28-14-12-27(13-15-28)26-10-8-7-9-11-26/h7-19H,1-6H3. The number of hydrogen-bond acceptors (Lipinski definition) is 0. The molecule has 0 spiro atoms. The molecule has 0 aliphatic carbocycles. The molecule has 0 bridgehead atoms. The first-order valence-corrected chi connectivity index (χ1v) is 11.2. The Bertz CT molecular complexity index is 1110. The summed E-state index contributed by atoms with van der Waals surface area (Å²) in [5.41, 5.74) is 14.9. The van der Waals surface area contributed by atoms with E-state index in [9.17, 15) is 0 Å². The Morgan fingerprint density at radius 3 is 1.26 bits per heavy atom. The molecule has 0 aliphatic heterocycles. The highest BCUT2D eigenvalue weighted by atomic mass is 14.1. The van der Waals surface area contributed by atoms with Gasteiger partial charge in [0.05, 0.1) is 0 Å². The molecular weight excluding hydrogens is 371 g/mol. The molecule has 0 fully saturated rings. The third-order valence-electron chi connectivity index (χ3n) is 6.40. The van der Waals surface area contributed by atoms with Gasteiger partial charge in [-0.3, -0.25) is 0 Å². The summed E-state index contributed by atoms with van der Waals surface area (Å²) in [6, 6.07) is 29.1. The van der Waals surface area contributed by atoms with Crippen molar-refractivity contribution in [3.05, 3.63) is 112 Å². The van der Waals surface area contributed by atoms with E-state index in [0.717, 1.165) is 0 Å². The Morgan fingerprint density at radius 1 is 0.452 bits per heavy atom. The Morgan fingerprint density at radius 2 is 0.839 bits per heavy atom. The zero-order chi connectivity index (χ0) is 22.1. The number of rotatable bonds is 4. The monoisotopic (exact) mass is 402 g/mol. The lowest BCUT2D eigenvalue weighted by Crippen LogP contribution is -2.55. The summed E-state index contributed by atoms with van der Waals surface area (Å²) in [6.45, 7) is 13.7. The third-order valence-corrected chi connectivity index (χ3v) is 6.40. The predicted octanol–water partition coefficient (Wildman–Crippen LogP) is 5.72. The van der Waals surface area contributed by atoms with Crippen molar-refractivity contribution in [1.82, 2.24) is 0 Å². The van der Waals surface area contributed by atoms with Crippen molar-refractivity contribution >= 4 is 23.1 Å². The highest BCUT2D eigenvalue weighted by Gasteiger charge is 2.28. The van der Waals surface area contributed by atoms with E-state index in [0.29, 0.717) is 0 Å². The molecular formula is C30H31B. The minimum atomic E-state index is 0.228. The molecule has 0 radical (unpaired) electrons. The second-order valence-corrected chi connectivity index (χ2v) is 9.05. The average Bonchev–Trinajstić information content (AvgIpc) is 2.72. The SMILES string of the molecule is Cc1cc(C)c(B(c2ccc(-c3ccccc3)cc2)c2c(C)cc(C)cc2C)c(C)c1. The molecule has 0 N–H and O–H groups in total. The fraction of sp³-hybridized carbons (Fsp3) is 0.200. The van der Waals surface area contributed by atoms with Crippen LogP contribution in [0.1, 0.15) is 33.4 Å². The van der Waals surface area contributed by atoms with Gasteiger partial charge in [-0.2, -0.15) is 0 Å². The van der Waals surface area contributed by atoms with Crippen LogP contribution in [0.3, 0.4) is 0 Å². The van der Waals surface area contributed by atoms with Gasteiger partial charge in [0.2, 0.25) is 6.71 Å². The molecule has 0 saturated carbocycles. The van der Waals surface area contributed by atoms with E-state index in [-0.39, 0.29) is 6.71 Å². The molecule has 1 heteroatoms. The number of benzene rings is 4. The molecule has 0 heterocycles. The Kier molecular flexibility index (Phi) is 5.87. The summed E-state index contributed by atoms with van der Waals surface area (Å²) >= 11 is 0.